The summed E-state index contributed by atoms with van der Waals surface area (Å²) in [6.07, 6.45) is 5.59. The second-order valence-electron chi connectivity index (χ2n) is 2.91. The lowest BCUT2D eigenvalue weighted by molar-refractivity contribution is 0.181. The van der Waals surface area contributed by atoms with Crippen molar-refractivity contribution in [3.63, 3.8) is 0 Å². The Hall–Kier alpha value is -1.05. The van der Waals surface area contributed by atoms with Gasteiger partial charge < -0.3 is 5.11 Å². The lowest BCUT2D eigenvalue weighted by Gasteiger charge is -2.06. The first-order chi connectivity index (χ1) is 6.84. The van der Waals surface area contributed by atoms with Crippen molar-refractivity contribution >= 4 is 11.6 Å². The van der Waals surface area contributed by atoms with Gasteiger partial charge in [0.25, 0.3) is 0 Å². The van der Waals surface area contributed by atoms with Crippen LogP contribution in [-0.2, 0) is 0 Å². The van der Waals surface area contributed by atoms with Gasteiger partial charge >= 0.3 is 0 Å². The molecule has 1 rings (SSSR count). The molecule has 0 saturated carbocycles. The highest BCUT2D eigenvalue weighted by atomic mass is 35.5. The minimum atomic E-state index is -0.434. The van der Waals surface area contributed by atoms with Gasteiger partial charge in [0.1, 0.15) is 0 Å². The average molecular weight is 209 g/mol. The van der Waals surface area contributed by atoms with Crippen LogP contribution in [-0.4, -0.2) is 5.11 Å². The summed E-state index contributed by atoms with van der Waals surface area (Å²) in [4.78, 5) is 0. The first-order valence-corrected chi connectivity index (χ1v) is 4.93. The Balaban J connectivity index is 2.47. The summed E-state index contributed by atoms with van der Waals surface area (Å²) in [6, 6.07) is 9.59. The molecule has 0 aliphatic heterocycles. The van der Waals surface area contributed by atoms with Gasteiger partial charge in [0.2, 0.25) is 0 Å². The zero-order chi connectivity index (χ0) is 10.2. The van der Waals surface area contributed by atoms with Gasteiger partial charge in [-0.05, 0) is 12.0 Å². The van der Waals surface area contributed by atoms with E-state index >= 15 is 0 Å². The molecule has 0 aliphatic carbocycles. The number of hydrogen-bond acceptors (Lipinski definition) is 1. The van der Waals surface area contributed by atoms with Crippen LogP contribution in [0.5, 0.6) is 0 Å². The summed E-state index contributed by atoms with van der Waals surface area (Å²) in [7, 11) is 0. The minimum absolute atomic E-state index is 0.434. The molecule has 0 aliphatic rings. The highest BCUT2D eigenvalue weighted by molar-refractivity contribution is 6.25. The van der Waals surface area contributed by atoms with Crippen LogP contribution >= 0.6 is 11.6 Å². The van der Waals surface area contributed by atoms with E-state index in [1.165, 1.54) is 5.54 Å². The van der Waals surface area contributed by atoms with Crippen molar-refractivity contribution in [1.29, 1.82) is 0 Å². The average Bonchev–Trinajstić information content (AvgIpc) is 2.25. The minimum Gasteiger partial charge on any atom is -0.388 e. The maximum absolute atomic E-state index is 9.71. The molecule has 0 radical (unpaired) electrons. The van der Waals surface area contributed by atoms with E-state index in [-0.39, 0.29) is 0 Å². The van der Waals surface area contributed by atoms with E-state index in [9.17, 15) is 5.11 Å². The quantitative estimate of drug-likeness (QED) is 0.752. The largest absolute Gasteiger partial charge is 0.388 e. The van der Waals surface area contributed by atoms with Crippen molar-refractivity contribution in [2.24, 2.45) is 0 Å². The van der Waals surface area contributed by atoms with Gasteiger partial charge in [0.15, 0.2) is 0 Å². The smallest absolute Gasteiger partial charge is 0.0824 e. The monoisotopic (exact) mass is 208 g/mol. The Morgan fingerprint density at radius 1 is 1.21 bits per heavy atom. The fourth-order valence-corrected chi connectivity index (χ4v) is 1.22. The van der Waals surface area contributed by atoms with Crippen molar-refractivity contribution in [2.45, 2.75) is 12.5 Å². The standard InChI is InChI=1S/C12H13ClO/c13-10-6-2-5-9-12(14)11-7-3-1-4-8-11/h1-8,10,12,14H,9H2/b5-2+,10-6+. The van der Waals surface area contributed by atoms with Gasteiger partial charge in [-0.1, -0.05) is 60.2 Å². The highest BCUT2D eigenvalue weighted by Crippen LogP contribution is 2.15. The summed E-state index contributed by atoms with van der Waals surface area (Å²) < 4.78 is 0. The molecule has 1 aromatic rings. The fourth-order valence-electron chi connectivity index (χ4n) is 1.14. The van der Waals surface area contributed by atoms with E-state index in [2.05, 4.69) is 0 Å². The summed E-state index contributed by atoms with van der Waals surface area (Å²) in [6.45, 7) is 0. The molecule has 0 bridgehead atoms. The van der Waals surface area contributed by atoms with E-state index in [0.29, 0.717) is 6.42 Å². The summed E-state index contributed by atoms with van der Waals surface area (Å²) in [5.41, 5.74) is 2.37. The van der Waals surface area contributed by atoms with Crippen molar-refractivity contribution < 1.29 is 5.11 Å². The molecule has 0 amide bonds. The normalized spacial score (nSPS) is 13.9. The first-order valence-electron chi connectivity index (χ1n) is 4.49. The van der Waals surface area contributed by atoms with Gasteiger partial charge in [-0.15, -0.1) is 0 Å². The van der Waals surface area contributed by atoms with Gasteiger partial charge in [-0.25, -0.2) is 0 Å². The number of hydrogen-bond donors (Lipinski definition) is 1. The first kappa shape index (κ1) is 11.0. The molecule has 1 atom stereocenters. The Morgan fingerprint density at radius 3 is 2.57 bits per heavy atom. The van der Waals surface area contributed by atoms with E-state index in [1.807, 2.05) is 42.5 Å². The lowest BCUT2D eigenvalue weighted by Crippen LogP contribution is -1.94. The van der Waals surface area contributed by atoms with Crippen LogP contribution < -0.4 is 0 Å². The molecule has 1 aromatic carbocycles. The van der Waals surface area contributed by atoms with Crippen LogP contribution in [0.15, 0.2) is 54.1 Å². The third-order valence-corrected chi connectivity index (χ3v) is 2.01. The Morgan fingerprint density at radius 2 is 1.93 bits per heavy atom. The summed E-state index contributed by atoms with van der Waals surface area (Å²) in [5.74, 6) is 0. The maximum atomic E-state index is 9.71. The topological polar surface area (TPSA) is 20.2 Å². The number of halogens is 1. The second-order valence-corrected chi connectivity index (χ2v) is 3.16. The molecule has 0 fully saturated rings. The number of allylic oxidation sites excluding steroid dienone is 2. The second kappa shape index (κ2) is 6.41. The molecule has 1 nitrogen and oxygen atoms in total. The molecular weight excluding hydrogens is 196 g/mol. The third-order valence-electron chi connectivity index (χ3n) is 1.86. The van der Waals surface area contributed by atoms with E-state index in [1.54, 1.807) is 6.08 Å². The van der Waals surface area contributed by atoms with Crippen molar-refractivity contribution in [3.8, 4) is 0 Å². The van der Waals surface area contributed by atoms with Gasteiger partial charge in [0, 0.05) is 5.54 Å². The van der Waals surface area contributed by atoms with E-state index in [0.717, 1.165) is 5.56 Å². The predicted molar refractivity (Wildman–Crippen MR) is 60.2 cm³/mol. The SMILES string of the molecule is OC(C/C=C/C=C/Cl)c1ccccc1. The van der Waals surface area contributed by atoms with E-state index < -0.39 is 6.10 Å². The van der Waals surface area contributed by atoms with Crippen LogP contribution in [0.3, 0.4) is 0 Å². The number of benzene rings is 1. The van der Waals surface area contributed by atoms with Crippen molar-refractivity contribution in [3.05, 3.63) is 59.7 Å². The Kier molecular flexibility index (Phi) is 5.05. The summed E-state index contributed by atoms with van der Waals surface area (Å²) in [5, 5.41) is 9.71. The van der Waals surface area contributed by atoms with Gasteiger partial charge in [-0.3, -0.25) is 0 Å². The fraction of sp³-hybridized carbons (Fsp3) is 0.167. The van der Waals surface area contributed by atoms with Gasteiger partial charge in [-0.2, -0.15) is 0 Å². The number of aliphatic hydroxyl groups is 1. The molecule has 0 aromatic heterocycles. The molecule has 74 valence electrons. The molecule has 0 heterocycles. The zero-order valence-electron chi connectivity index (χ0n) is 7.81. The molecular formula is C12H13ClO. The molecule has 0 spiro atoms. The highest BCUT2D eigenvalue weighted by Gasteiger charge is 2.02. The van der Waals surface area contributed by atoms with E-state index in [4.69, 9.17) is 11.6 Å². The summed E-state index contributed by atoms with van der Waals surface area (Å²) >= 11 is 5.34. The van der Waals surface area contributed by atoms with Crippen LogP contribution in [0.1, 0.15) is 18.1 Å². The Bertz CT molecular complexity index is 303. The third kappa shape index (κ3) is 3.77. The predicted octanol–water partition coefficient (Wildman–Crippen LogP) is 3.42. The van der Waals surface area contributed by atoms with Crippen molar-refractivity contribution in [2.75, 3.05) is 0 Å². The Labute approximate surface area is 89.3 Å². The number of aliphatic hydroxyl groups excluding tert-OH is 1. The van der Waals surface area contributed by atoms with Crippen LogP contribution in [0, 0.1) is 0 Å². The van der Waals surface area contributed by atoms with Crippen LogP contribution in [0.4, 0.5) is 0 Å². The maximum Gasteiger partial charge on any atom is 0.0824 e. The lowest BCUT2D eigenvalue weighted by atomic mass is 10.1. The molecule has 1 N–H and O–H groups in total. The van der Waals surface area contributed by atoms with Crippen molar-refractivity contribution in [1.82, 2.24) is 0 Å². The van der Waals surface area contributed by atoms with Gasteiger partial charge in [0.05, 0.1) is 6.10 Å². The molecule has 0 saturated heterocycles. The molecule has 14 heavy (non-hydrogen) atoms. The van der Waals surface area contributed by atoms with Crippen LogP contribution in [0.2, 0.25) is 0 Å². The molecule has 1 unspecified atom stereocenters. The van der Waals surface area contributed by atoms with Crippen LogP contribution in [0.25, 0.3) is 0 Å². The zero-order valence-corrected chi connectivity index (χ0v) is 8.56. The molecule has 2 heteroatoms. The number of rotatable bonds is 4.